The van der Waals surface area contributed by atoms with Crippen LogP contribution < -0.4 is 11.1 Å². The molecule has 4 N–H and O–H groups in total. The van der Waals surface area contributed by atoms with Crippen molar-refractivity contribution < 1.29 is 22.0 Å². The summed E-state index contributed by atoms with van der Waals surface area (Å²) in [6.45, 7) is 4.98. The number of carbonyl (C=O) groups is 1. The molecular weight excluding hydrogens is 588 g/mol. The summed E-state index contributed by atoms with van der Waals surface area (Å²) < 4.78 is 54.3. The molecular formula is C31H35F2N7O3S. The van der Waals surface area contributed by atoms with Gasteiger partial charge in [0.15, 0.2) is 11.6 Å². The van der Waals surface area contributed by atoms with Crippen molar-refractivity contribution in [1.29, 1.82) is 5.41 Å². The molecule has 0 saturated carbocycles. The number of benzene rings is 2. The first-order chi connectivity index (χ1) is 20.8. The molecule has 1 aliphatic rings. The molecule has 10 nitrogen and oxygen atoms in total. The van der Waals surface area contributed by atoms with Gasteiger partial charge in [0.2, 0.25) is 10.0 Å². The van der Waals surface area contributed by atoms with Crippen molar-refractivity contribution in [2.75, 3.05) is 24.7 Å². The van der Waals surface area contributed by atoms with Gasteiger partial charge in [-0.2, -0.15) is 5.10 Å². The van der Waals surface area contributed by atoms with E-state index < -0.39 is 27.6 Å². The molecule has 1 aliphatic heterocycles. The van der Waals surface area contributed by atoms with Crippen molar-refractivity contribution in [3.8, 4) is 11.1 Å². The number of nitrogens with two attached hydrogens (primary N) is 1. The van der Waals surface area contributed by atoms with Gasteiger partial charge in [-0.3, -0.25) is 9.48 Å². The average molecular weight is 624 g/mol. The van der Waals surface area contributed by atoms with Crippen LogP contribution in [-0.2, 0) is 23.0 Å². The number of nitrogens with one attached hydrogen (secondary N) is 2. The largest absolute Gasteiger partial charge is 0.367 e. The van der Waals surface area contributed by atoms with Crippen molar-refractivity contribution in [1.82, 2.24) is 19.1 Å². The lowest BCUT2D eigenvalue weighted by Gasteiger charge is -2.31. The summed E-state index contributed by atoms with van der Waals surface area (Å²) in [4.78, 5) is 17.8. The molecule has 2 aromatic carbocycles. The molecule has 1 saturated heterocycles. The van der Waals surface area contributed by atoms with E-state index in [0.717, 1.165) is 29.3 Å². The number of sulfonamides is 1. The number of piperidine rings is 1. The lowest BCUT2D eigenvalue weighted by molar-refractivity contribution is 0.0999. The zero-order valence-corrected chi connectivity index (χ0v) is 25.6. The van der Waals surface area contributed by atoms with Gasteiger partial charge in [0.05, 0.1) is 35.8 Å². The zero-order chi connectivity index (χ0) is 31.8. The van der Waals surface area contributed by atoms with Crippen LogP contribution in [0.5, 0.6) is 0 Å². The van der Waals surface area contributed by atoms with Crippen LogP contribution in [0.15, 0.2) is 42.6 Å². The summed E-state index contributed by atoms with van der Waals surface area (Å²) in [7, 11) is -3.29. The van der Waals surface area contributed by atoms with Crippen LogP contribution in [0, 0.1) is 23.0 Å². The summed E-state index contributed by atoms with van der Waals surface area (Å²) in [6.07, 6.45) is 5.59. The first kappa shape index (κ1) is 31.2. The molecule has 44 heavy (non-hydrogen) atoms. The SMILES string of the molecule is CC(C)Cc1nc(NC2CCN(S(C)(=O)=O)CC2)c(C=N)c(-c2ccc3c(cnn3Cc3ccc(F)c(F)c3)c2)c1C(N)=O. The molecule has 0 unspecified atom stereocenters. The molecule has 1 fully saturated rings. The number of fused-ring (bicyclic) bond motifs is 1. The van der Waals surface area contributed by atoms with E-state index in [1.165, 1.54) is 16.6 Å². The highest BCUT2D eigenvalue weighted by Crippen LogP contribution is 2.36. The number of hydrogen-bond donors (Lipinski definition) is 3. The molecule has 2 aromatic heterocycles. The van der Waals surface area contributed by atoms with Gasteiger partial charge >= 0.3 is 0 Å². The third-order valence-electron chi connectivity index (χ3n) is 7.81. The Kier molecular flexibility index (Phi) is 8.80. The lowest BCUT2D eigenvalue weighted by Crippen LogP contribution is -2.42. The second-order valence-electron chi connectivity index (χ2n) is 11.6. The maximum absolute atomic E-state index is 13.8. The van der Waals surface area contributed by atoms with Crippen LogP contribution >= 0.6 is 0 Å². The predicted molar refractivity (Wildman–Crippen MR) is 166 cm³/mol. The van der Waals surface area contributed by atoms with Gasteiger partial charge in [-0.15, -0.1) is 0 Å². The van der Waals surface area contributed by atoms with Crippen LogP contribution in [0.3, 0.4) is 0 Å². The Hall–Kier alpha value is -4.23. The van der Waals surface area contributed by atoms with Gasteiger partial charge in [-0.25, -0.2) is 26.5 Å². The smallest absolute Gasteiger partial charge is 0.251 e. The van der Waals surface area contributed by atoms with Crippen molar-refractivity contribution in [2.45, 2.75) is 45.7 Å². The van der Waals surface area contributed by atoms with E-state index in [2.05, 4.69) is 10.4 Å². The number of carbonyl (C=O) groups excluding carboxylic acids is 1. The van der Waals surface area contributed by atoms with Crippen molar-refractivity contribution in [3.05, 3.63) is 76.6 Å². The van der Waals surface area contributed by atoms with E-state index in [9.17, 15) is 22.0 Å². The van der Waals surface area contributed by atoms with E-state index in [1.807, 2.05) is 32.0 Å². The number of halogens is 2. The van der Waals surface area contributed by atoms with E-state index in [4.69, 9.17) is 16.1 Å². The molecule has 1 amide bonds. The molecule has 0 aliphatic carbocycles. The number of hydrogen-bond acceptors (Lipinski definition) is 7. The maximum Gasteiger partial charge on any atom is 0.251 e. The Labute approximate surface area is 254 Å². The van der Waals surface area contributed by atoms with Gasteiger partial charge in [-0.05, 0) is 60.6 Å². The molecule has 0 bridgehead atoms. The van der Waals surface area contributed by atoms with E-state index >= 15 is 0 Å². The molecule has 3 heterocycles. The lowest BCUT2D eigenvalue weighted by atomic mass is 9.90. The van der Waals surface area contributed by atoms with Crippen LogP contribution in [0.25, 0.3) is 22.0 Å². The molecule has 232 valence electrons. The zero-order valence-electron chi connectivity index (χ0n) is 24.8. The minimum Gasteiger partial charge on any atom is -0.367 e. The standard InChI is InChI=1S/C31H35F2N7O3S/c1-18(2)12-26-29(30(35)41)28(23(15-34)31(38-26)37-22-8-10-39(11-9-22)44(3,42)43)20-5-7-27-21(14-20)16-36-40(27)17-19-4-6-24(32)25(33)13-19/h4-7,13-16,18,22,34H,8-12,17H2,1-3H3,(H2,35,41)(H,37,38). The summed E-state index contributed by atoms with van der Waals surface area (Å²) in [5.41, 5.74) is 9.50. The molecule has 0 radical (unpaired) electrons. The highest BCUT2D eigenvalue weighted by molar-refractivity contribution is 7.88. The first-order valence-electron chi connectivity index (χ1n) is 14.3. The predicted octanol–water partition coefficient (Wildman–Crippen LogP) is 4.56. The Morgan fingerprint density at radius 3 is 2.50 bits per heavy atom. The van der Waals surface area contributed by atoms with Gasteiger partial charge in [-0.1, -0.05) is 26.0 Å². The Balaban J connectivity index is 1.57. The van der Waals surface area contributed by atoms with Gasteiger partial charge in [0.25, 0.3) is 5.91 Å². The summed E-state index contributed by atoms with van der Waals surface area (Å²) in [5.74, 6) is -1.92. The fraction of sp³-hybridized carbons (Fsp3) is 0.355. The number of pyridine rings is 1. The van der Waals surface area contributed by atoms with Crippen LogP contribution in [-0.4, -0.2) is 65.0 Å². The average Bonchev–Trinajstić information content (AvgIpc) is 3.35. The minimum atomic E-state index is -3.29. The molecule has 0 atom stereocenters. The van der Waals surface area contributed by atoms with Crippen LogP contribution in [0.1, 0.15) is 53.9 Å². The first-order valence-corrected chi connectivity index (χ1v) is 16.2. The normalized spacial score (nSPS) is 14.8. The van der Waals surface area contributed by atoms with Gasteiger partial charge < -0.3 is 16.5 Å². The molecule has 13 heteroatoms. The number of nitrogens with zero attached hydrogens (tertiary/aromatic N) is 4. The number of amides is 1. The van der Waals surface area contributed by atoms with Crippen molar-refractivity contribution in [3.63, 3.8) is 0 Å². The number of anilines is 1. The third kappa shape index (κ3) is 6.48. The number of rotatable bonds is 10. The summed E-state index contributed by atoms with van der Waals surface area (Å²) >= 11 is 0. The molecule has 5 rings (SSSR count). The summed E-state index contributed by atoms with van der Waals surface area (Å²) in [5, 5.41) is 17.0. The van der Waals surface area contributed by atoms with Gasteiger partial charge in [0.1, 0.15) is 5.82 Å². The quantitative estimate of drug-likeness (QED) is 0.221. The molecule has 4 aromatic rings. The van der Waals surface area contributed by atoms with Crippen molar-refractivity contribution >= 4 is 38.9 Å². The maximum atomic E-state index is 13.8. The van der Waals surface area contributed by atoms with Crippen LogP contribution in [0.2, 0.25) is 0 Å². The van der Waals surface area contributed by atoms with E-state index in [-0.39, 0.29) is 24.1 Å². The Bertz CT molecular complexity index is 1850. The Morgan fingerprint density at radius 2 is 1.89 bits per heavy atom. The molecule has 0 spiro atoms. The number of primary amides is 1. The fourth-order valence-electron chi connectivity index (χ4n) is 5.70. The number of aromatic nitrogens is 3. The second-order valence-corrected chi connectivity index (χ2v) is 13.6. The summed E-state index contributed by atoms with van der Waals surface area (Å²) in [6, 6.07) is 9.13. The highest BCUT2D eigenvalue weighted by atomic mass is 32.2. The monoisotopic (exact) mass is 623 g/mol. The third-order valence-corrected chi connectivity index (χ3v) is 9.12. The highest BCUT2D eigenvalue weighted by Gasteiger charge is 2.28. The van der Waals surface area contributed by atoms with Crippen molar-refractivity contribution in [2.24, 2.45) is 11.7 Å². The fourth-order valence-corrected chi connectivity index (χ4v) is 6.58. The minimum absolute atomic E-state index is 0.0876. The Morgan fingerprint density at radius 1 is 1.16 bits per heavy atom. The van der Waals surface area contributed by atoms with E-state index in [1.54, 1.807) is 10.9 Å². The van der Waals surface area contributed by atoms with Gasteiger partial charge in [0, 0.05) is 41.9 Å². The van der Waals surface area contributed by atoms with E-state index in [0.29, 0.717) is 66.1 Å². The second kappa shape index (κ2) is 12.4. The van der Waals surface area contributed by atoms with Crippen LogP contribution in [0.4, 0.5) is 14.6 Å². The topological polar surface area (TPSA) is 147 Å².